The lowest BCUT2D eigenvalue weighted by atomic mass is 9.92. The van der Waals surface area contributed by atoms with Crippen LogP contribution in [0.5, 0.6) is 0 Å². The minimum atomic E-state index is 0.175. The van der Waals surface area contributed by atoms with Crippen LogP contribution in [0.15, 0.2) is 6.20 Å². The van der Waals surface area contributed by atoms with Crippen LogP contribution in [-0.4, -0.2) is 34.2 Å². The molecule has 0 amide bonds. The molecule has 2 aromatic rings. The third kappa shape index (κ3) is 3.10. The van der Waals surface area contributed by atoms with Gasteiger partial charge in [0.2, 0.25) is 0 Å². The van der Waals surface area contributed by atoms with Gasteiger partial charge in [0.05, 0.1) is 17.5 Å². The first-order valence-corrected chi connectivity index (χ1v) is 9.26. The van der Waals surface area contributed by atoms with E-state index in [0.717, 1.165) is 49.6 Å². The number of thiazole rings is 1. The number of carbonyl (C=O) groups is 1. The Morgan fingerprint density at radius 3 is 2.96 bits per heavy atom. The molecular formula is C17H21N3O2S. The van der Waals surface area contributed by atoms with Crippen LogP contribution >= 0.6 is 11.3 Å². The van der Waals surface area contributed by atoms with Gasteiger partial charge in [0.15, 0.2) is 5.78 Å². The number of hydrogen-bond acceptors (Lipinski definition) is 5. The number of aromatic amines is 1. The van der Waals surface area contributed by atoms with E-state index in [4.69, 9.17) is 9.72 Å². The summed E-state index contributed by atoms with van der Waals surface area (Å²) in [5, 5.41) is 8.04. The van der Waals surface area contributed by atoms with E-state index in [1.165, 1.54) is 23.4 Å². The second-order valence-corrected chi connectivity index (χ2v) is 7.52. The number of ketones is 1. The van der Waals surface area contributed by atoms with Gasteiger partial charge in [-0.2, -0.15) is 5.10 Å². The summed E-state index contributed by atoms with van der Waals surface area (Å²) >= 11 is 1.72. The molecule has 5 nitrogen and oxygen atoms in total. The van der Waals surface area contributed by atoms with Crippen molar-refractivity contribution in [2.45, 2.75) is 44.9 Å². The Morgan fingerprint density at radius 2 is 2.13 bits per heavy atom. The number of H-pyrrole nitrogens is 1. The topological polar surface area (TPSA) is 67.9 Å². The fourth-order valence-electron chi connectivity index (χ4n) is 3.44. The standard InChI is InChI=1S/C17H21N3O2S/c21-14(9-11-5-7-22-8-6-11)12-10-18-20-16(12)17-19-13-3-1-2-4-15(13)23-17/h10-11H,1-9H2,(H,18,20). The molecule has 0 radical (unpaired) electrons. The number of carbonyl (C=O) groups excluding carboxylic acids is 1. The molecule has 2 aliphatic rings. The lowest BCUT2D eigenvalue weighted by molar-refractivity contribution is 0.0601. The van der Waals surface area contributed by atoms with Crippen molar-refractivity contribution < 1.29 is 9.53 Å². The van der Waals surface area contributed by atoms with E-state index in [-0.39, 0.29) is 5.78 Å². The van der Waals surface area contributed by atoms with Gasteiger partial charge < -0.3 is 4.74 Å². The van der Waals surface area contributed by atoms with E-state index < -0.39 is 0 Å². The number of aromatic nitrogens is 3. The van der Waals surface area contributed by atoms with E-state index in [1.54, 1.807) is 17.5 Å². The molecule has 0 aromatic carbocycles. The number of hydrogen-bond donors (Lipinski definition) is 1. The number of Topliss-reactive ketones (excluding diaryl/α,β-unsaturated/α-hetero) is 1. The average Bonchev–Trinajstić information content (AvgIpc) is 3.22. The molecular weight excluding hydrogens is 310 g/mol. The van der Waals surface area contributed by atoms with Gasteiger partial charge in [0.1, 0.15) is 10.7 Å². The molecule has 0 spiro atoms. The molecule has 6 heteroatoms. The van der Waals surface area contributed by atoms with Crippen LogP contribution in [0.2, 0.25) is 0 Å². The highest BCUT2D eigenvalue weighted by molar-refractivity contribution is 7.15. The summed E-state index contributed by atoms with van der Waals surface area (Å²) in [6, 6.07) is 0. The molecule has 0 bridgehead atoms. The molecule has 3 heterocycles. The van der Waals surface area contributed by atoms with Crippen molar-refractivity contribution in [1.82, 2.24) is 15.2 Å². The zero-order valence-corrected chi connectivity index (χ0v) is 14.0. The molecule has 0 atom stereocenters. The van der Waals surface area contributed by atoms with Crippen LogP contribution in [0, 0.1) is 5.92 Å². The molecule has 23 heavy (non-hydrogen) atoms. The molecule has 122 valence electrons. The highest BCUT2D eigenvalue weighted by atomic mass is 32.1. The number of rotatable bonds is 4. The van der Waals surface area contributed by atoms with Crippen molar-refractivity contribution >= 4 is 17.1 Å². The quantitative estimate of drug-likeness (QED) is 0.872. The molecule has 2 aromatic heterocycles. The van der Waals surface area contributed by atoms with E-state index >= 15 is 0 Å². The van der Waals surface area contributed by atoms with Gasteiger partial charge in [0, 0.05) is 24.5 Å². The largest absolute Gasteiger partial charge is 0.381 e. The van der Waals surface area contributed by atoms with E-state index in [9.17, 15) is 4.79 Å². The Bertz CT molecular complexity index is 677. The molecule has 1 saturated heterocycles. The molecule has 0 unspecified atom stereocenters. The summed E-state index contributed by atoms with van der Waals surface area (Å²) in [5.74, 6) is 0.609. The van der Waals surface area contributed by atoms with Gasteiger partial charge in [-0.15, -0.1) is 11.3 Å². The molecule has 1 aliphatic carbocycles. The monoisotopic (exact) mass is 331 g/mol. The maximum absolute atomic E-state index is 12.7. The van der Waals surface area contributed by atoms with Gasteiger partial charge in [0.25, 0.3) is 0 Å². The number of fused-ring (bicyclic) bond motifs is 1. The zero-order chi connectivity index (χ0) is 15.6. The minimum Gasteiger partial charge on any atom is -0.381 e. The highest BCUT2D eigenvalue weighted by Gasteiger charge is 2.24. The van der Waals surface area contributed by atoms with E-state index in [2.05, 4.69) is 10.2 Å². The summed E-state index contributed by atoms with van der Waals surface area (Å²) in [6.45, 7) is 1.55. The predicted octanol–water partition coefficient (Wildman–Crippen LogP) is 3.41. The van der Waals surface area contributed by atoms with Crippen molar-refractivity contribution in [2.75, 3.05) is 13.2 Å². The Kier molecular flexibility index (Phi) is 4.27. The summed E-state index contributed by atoms with van der Waals surface area (Å²) in [7, 11) is 0. The van der Waals surface area contributed by atoms with Crippen LogP contribution in [0.25, 0.3) is 10.7 Å². The average molecular weight is 331 g/mol. The van der Waals surface area contributed by atoms with Gasteiger partial charge >= 0.3 is 0 Å². The van der Waals surface area contributed by atoms with Crippen molar-refractivity contribution in [2.24, 2.45) is 5.92 Å². The number of nitrogens with one attached hydrogen (secondary N) is 1. The first-order valence-electron chi connectivity index (χ1n) is 8.44. The predicted molar refractivity (Wildman–Crippen MR) is 88.8 cm³/mol. The number of nitrogens with zero attached hydrogens (tertiary/aromatic N) is 2. The second kappa shape index (κ2) is 6.53. The molecule has 1 N–H and O–H groups in total. The molecule has 0 saturated carbocycles. The maximum Gasteiger partial charge on any atom is 0.167 e. The first kappa shape index (κ1) is 15.0. The minimum absolute atomic E-state index is 0.175. The number of aryl methyl sites for hydroxylation is 2. The summed E-state index contributed by atoms with van der Waals surface area (Å²) in [4.78, 5) is 18.8. The van der Waals surface area contributed by atoms with Crippen LogP contribution in [0.3, 0.4) is 0 Å². The summed E-state index contributed by atoms with van der Waals surface area (Å²) in [6.07, 6.45) is 8.84. The lowest BCUT2D eigenvalue weighted by Crippen LogP contribution is -2.18. The first-order chi connectivity index (χ1) is 11.3. The van der Waals surface area contributed by atoms with Crippen LogP contribution in [-0.2, 0) is 17.6 Å². The van der Waals surface area contributed by atoms with Crippen LogP contribution < -0.4 is 0 Å². The van der Waals surface area contributed by atoms with E-state index in [1.807, 2.05) is 0 Å². The normalized spacial score (nSPS) is 18.8. The smallest absolute Gasteiger partial charge is 0.167 e. The second-order valence-electron chi connectivity index (χ2n) is 6.44. The Hall–Kier alpha value is -1.53. The van der Waals surface area contributed by atoms with Crippen molar-refractivity contribution in [3.8, 4) is 10.7 Å². The van der Waals surface area contributed by atoms with Crippen LogP contribution in [0.1, 0.15) is 53.0 Å². The molecule has 1 fully saturated rings. The van der Waals surface area contributed by atoms with Crippen LogP contribution in [0.4, 0.5) is 0 Å². The van der Waals surface area contributed by atoms with Gasteiger partial charge in [-0.05, 0) is 44.4 Å². The van der Waals surface area contributed by atoms with Crippen molar-refractivity contribution in [1.29, 1.82) is 0 Å². The Labute approximate surface area is 139 Å². The Balaban J connectivity index is 1.55. The third-order valence-electron chi connectivity index (χ3n) is 4.81. The van der Waals surface area contributed by atoms with Crippen molar-refractivity contribution in [3.63, 3.8) is 0 Å². The summed E-state index contributed by atoms with van der Waals surface area (Å²) < 4.78 is 5.37. The zero-order valence-electron chi connectivity index (χ0n) is 13.1. The van der Waals surface area contributed by atoms with Crippen molar-refractivity contribution in [3.05, 3.63) is 22.3 Å². The van der Waals surface area contributed by atoms with Gasteiger partial charge in [-0.1, -0.05) is 0 Å². The SMILES string of the molecule is O=C(CC1CCOCC1)c1cn[nH]c1-c1nc2c(s1)CCCC2. The number of ether oxygens (including phenoxy) is 1. The highest BCUT2D eigenvalue weighted by Crippen LogP contribution is 2.34. The van der Waals surface area contributed by atoms with E-state index in [0.29, 0.717) is 17.9 Å². The fraction of sp³-hybridized carbons (Fsp3) is 0.588. The lowest BCUT2D eigenvalue weighted by Gasteiger charge is -2.21. The van der Waals surface area contributed by atoms with Gasteiger partial charge in [-0.3, -0.25) is 9.89 Å². The fourth-order valence-corrected chi connectivity index (χ4v) is 4.60. The van der Waals surface area contributed by atoms with Gasteiger partial charge in [-0.25, -0.2) is 4.98 Å². The Morgan fingerprint density at radius 1 is 1.30 bits per heavy atom. The molecule has 1 aliphatic heterocycles. The molecule has 4 rings (SSSR count). The third-order valence-corrected chi connectivity index (χ3v) is 5.99. The summed E-state index contributed by atoms with van der Waals surface area (Å²) in [5.41, 5.74) is 2.72. The maximum atomic E-state index is 12.7.